The zero-order chi connectivity index (χ0) is 12.4. The molecular formula is C10H7N3O4. The molecule has 0 saturated carbocycles. The summed E-state index contributed by atoms with van der Waals surface area (Å²) in [7, 11) is 0. The van der Waals surface area contributed by atoms with Crippen molar-refractivity contribution >= 4 is 11.9 Å². The highest BCUT2D eigenvalue weighted by Gasteiger charge is 2.20. The van der Waals surface area contributed by atoms with E-state index in [4.69, 9.17) is 10.2 Å². The Morgan fingerprint density at radius 3 is 2.24 bits per heavy atom. The molecule has 0 aliphatic heterocycles. The lowest BCUT2D eigenvalue weighted by atomic mass is 10.1. The third kappa shape index (κ3) is 1.85. The van der Waals surface area contributed by atoms with Gasteiger partial charge in [-0.15, -0.1) is 10.2 Å². The molecule has 86 valence electrons. The van der Waals surface area contributed by atoms with E-state index in [9.17, 15) is 9.59 Å². The summed E-state index contributed by atoms with van der Waals surface area (Å²) in [5.74, 6) is -2.61. The van der Waals surface area contributed by atoms with Crippen LogP contribution in [0.1, 0.15) is 20.7 Å². The third-order valence-electron chi connectivity index (χ3n) is 2.18. The minimum Gasteiger partial charge on any atom is -0.478 e. The smallest absolute Gasteiger partial charge is 0.338 e. The molecule has 17 heavy (non-hydrogen) atoms. The van der Waals surface area contributed by atoms with Crippen LogP contribution in [-0.2, 0) is 0 Å². The fourth-order valence-corrected chi connectivity index (χ4v) is 1.48. The summed E-state index contributed by atoms with van der Waals surface area (Å²) >= 11 is 0. The number of hydrogen-bond acceptors (Lipinski definition) is 4. The molecule has 0 spiro atoms. The first-order chi connectivity index (χ1) is 8.11. The molecule has 1 heterocycles. The van der Waals surface area contributed by atoms with E-state index < -0.39 is 11.9 Å². The first-order valence-corrected chi connectivity index (χ1v) is 4.56. The van der Waals surface area contributed by atoms with Gasteiger partial charge in [-0.3, -0.25) is 4.57 Å². The quantitative estimate of drug-likeness (QED) is 0.806. The SMILES string of the molecule is O=C(O)c1cccc(-n2cnnc2)c1C(=O)O. The number of rotatable bonds is 3. The summed E-state index contributed by atoms with van der Waals surface area (Å²) in [4.78, 5) is 22.1. The fourth-order valence-electron chi connectivity index (χ4n) is 1.48. The molecule has 2 N–H and O–H groups in total. The van der Waals surface area contributed by atoms with Crippen molar-refractivity contribution in [2.75, 3.05) is 0 Å². The van der Waals surface area contributed by atoms with Crippen LogP contribution in [0.25, 0.3) is 5.69 Å². The Morgan fingerprint density at radius 2 is 1.71 bits per heavy atom. The summed E-state index contributed by atoms with van der Waals surface area (Å²) in [6, 6.07) is 4.18. The Labute approximate surface area is 95.0 Å². The van der Waals surface area contributed by atoms with Crippen LogP contribution in [0.3, 0.4) is 0 Å². The standard InChI is InChI=1S/C10H7N3O4/c14-9(15)6-2-1-3-7(8(6)10(16)17)13-4-11-12-5-13/h1-5H,(H,14,15)(H,16,17). The van der Waals surface area contributed by atoms with Gasteiger partial charge in [-0.1, -0.05) is 6.07 Å². The minimum atomic E-state index is -1.31. The lowest BCUT2D eigenvalue weighted by Crippen LogP contribution is -2.12. The van der Waals surface area contributed by atoms with Gasteiger partial charge in [0.1, 0.15) is 12.7 Å². The van der Waals surface area contributed by atoms with Crippen LogP contribution >= 0.6 is 0 Å². The first-order valence-electron chi connectivity index (χ1n) is 4.56. The average Bonchev–Trinajstić information content (AvgIpc) is 2.81. The van der Waals surface area contributed by atoms with E-state index in [0.717, 1.165) is 0 Å². The minimum absolute atomic E-state index is 0.211. The van der Waals surface area contributed by atoms with Gasteiger partial charge >= 0.3 is 11.9 Å². The first kappa shape index (κ1) is 10.8. The maximum Gasteiger partial charge on any atom is 0.338 e. The number of hydrogen-bond donors (Lipinski definition) is 2. The molecule has 7 heteroatoms. The van der Waals surface area contributed by atoms with Crippen molar-refractivity contribution in [1.82, 2.24) is 14.8 Å². The van der Waals surface area contributed by atoms with Crippen LogP contribution in [0.15, 0.2) is 30.9 Å². The van der Waals surface area contributed by atoms with Crippen LogP contribution in [-0.4, -0.2) is 36.9 Å². The highest BCUT2D eigenvalue weighted by Crippen LogP contribution is 2.18. The molecule has 0 aliphatic carbocycles. The van der Waals surface area contributed by atoms with Gasteiger partial charge in [-0.05, 0) is 12.1 Å². The van der Waals surface area contributed by atoms with E-state index in [-0.39, 0.29) is 16.8 Å². The summed E-state index contributed by atoms with van der Waals surface area (Å²) in [6.45, 7) is 0. The van der Waals surface area contributed by atoms with Crippen molar-refractivity contribution in [3.8, 4) is 5.69 Å². The van der Waals surface area contributed by atoms with Gasteiger partial charge in [-0.2, -0.15) is 0 Å². The van der Waals surface area contributed by atoms with E-state index >= 15 is 0 Å². The van der Waals surface area contributed by atoms with Crippen LogP contribution in [0.2, 0.25) is 0 Å². The monoisotopic (exact) mass is 233 g/mol. The van der Waals surface area contributed by atoms with Crippen LogP contribution in [0.4, 0.5) is 0 Å². The third-order valence-corrected chi connectivity index (χ3v) is 2.18. The van der Waals surface area contributed by atoms with E-state index in [1.807, 2.05) is 0 Å². The second kappa shape index (κ2) is 4.05. The molecule has 2 aromatic rings. The summed E-state index contributed by atoms with van der Waals surface area (Å²) in [5.41, 5.74) is -0.356. The molecule has 1 aromatic carbocycles. The fraction of sp³-hybridized carbons (Fsp3) is 0. The van der Waals surface area contributed by atoms with Gasteiger partial charge in [0.25, 0.3) is 0 Å². The highest BCUT2D eigenvalue weighted by atomic mass is 16.4. The predicted molar refractivity (Wildman–Crippen MR) is 55.3 cm³/mol. The normalized spacial score (nSPS) is 10.1. The van der Waals surface area contributed by atoms with Gasteiger partial charge in [0, 0.05) is 0 Å². The molecule has 0 bridgehead atoms. The molecule has 0 atom stereocenters. The van der Waals surface area contributed by atoms with Crippen molar-refractivity contribution in [3.63, 3.8) is 0 Å². The molecule has 0 aliphatic rings. The summed E-state index contributed by atoms with van der Waals surface area (Å²) < 4.78 is 1.34. The number of carbonyl (C=O) groups is 2. The summed E-state index contributed by atoms with van der Waals surface area (Å²) in [6.07, 6.45) is 2.60. The lowest BCUT2D eigenvalue weighted by Gasteiger charge is -2.08. The Hall–Kier alpha value is -2.70. The van der Waals surface area contributed by atoms with Crippen molar-refractivity contribution in [2.24, 2.45) is 0 Å². The second-order valence-corrected chi connectivity index (χ2v) is 3.18. The van der Waals surface area contributed by atoms with E-state index in [2.05, 4.69) is 10.2 Å². The van der Waals surface area contributed by atoms with Crippen molar-refractivity contribution < 1.29 is 19.8 Å². The maximum absolute atomic E-state index is 11.1. The van der Waals surface area contributed by atoms with Crippen molar-refractivity contribution in [2.45, 2.75) is 0 Å². The Morgan fingerprint density at radius 1 is 1.06 bits per heavy atom. The van der Waals surface area contributed by atoms with Gasteiger partial charge in [0.15, 0.2) is 0 Å². The topological polar surface area (TPSA) is 105 Å². The number of aromatic carboxylic acids is 2. The predicted octanol–water partition coefficient (Wildman–Crippen LogP) is 0.664. The largest absolute Gasteiger partial charge is 0.478 e. The van der Waals surface area contributed by atoms with Crippen molar-refractivity contribution in [3.05, 3.63) is 42.0 Å². The molecule has 0 unspecified atom stereocenters. The average molecular weight is 233 g/mol. The van der Waals surface area contributed by atoms with E-state index in [1.54, 1.807) is 0 Å². The Balaban J connectivity index is 2.72. The number of carboxylic acids is 2. The maximum atomic E-state index is 11.1. The van der Waals surface area contributed by atoms with Crippen LogP contribution in [0, 0.1) is 0 Å². The Bertz CT molecular complexity index is 577. The number of carboxylic acid groups (broad SMARTS) is 2. The van der Waals surface area contributed by atoms with Gasteiger partial charge in [-0.25, -0.2) is 9.59 Å². The Kier molecular flexibility index (Phi) is 2.57. The van der Waals surface area contributed by atoms with Gasteiger partial charge in [0.05, 0.1) is 16.8 Å². The number of aromatic nitrogens is 3. The number of benzene rings is 1. The van der Waals surface area contributed by atoms with Gasteiger partial charge in [0.2, 0.25) is 0 Å². The molecule has 1 aromatic heterocycles. The zero-order valence-corrected chi connectivity index (χ0v) is 8.44. The van der Waals surface area contributed by atoms with Crippen molar-refractivity contribution in [1.29, 1.82) is 0 Å². The summed E-state index contributed by atoms with van der Waals surface area (Å²) in [5, 5.41) is 25.1. The van der Waals surface area contributed by atoms with Gasteiger partial charge < -0.3 is 10.2 Å². The molecule has 0 amide bonds. The molecular weight excluding hydrogens is 226 g/mol. The van der Waals surface area contributed by atoms with E-state index in [1.165, 1.54) is 35.4 Å². The zero-order valence-electron chi connectivity index (χ0n) is 8.44. The number of nitrogens with zero attached hydrogens (tertiary/aromatic N) is 3. The molecule has 7 nitrogen and oxygen atoms in total. The van der Waals surface area contributed by atoms with Crippen LogP contribution in [0.5, 0.6) is 0 Å². The lowest BCUT2D eigenvalue weighted by molar-refractivity contribution is 0.0651. The van der Waals surface area contributed by atoms with E-state index in [0.29, 0.717) is 0 Å². The molecule has 0 radical (unpaired) electrons. The molecule has 2 rings (SSSR count). The molecule has 0 fully saturated rings. The highest BCUT2D eigenvalue weighted by molar-refractivity contribution is 6.04. The van der Waals surface area contributed by atoms with Crippen LogP contribution < -0.4 is 0 Å². The molecule has 0 saturated heterocycles. The second-order valence-electron chi connectivity index (χ2n) is 3.18.